The van der Waals surface area contributed by atoms with E-state index in [9.17, 15) is 9.59 Å². The fourth-order valence-corrected chi connectivity index (χ4v) is 4.05. The van der Waals surface area contributed by atoms with Gasteiger partial charge in [0, 0.05) is 7.05 Å². The van der Waals surface area contributed by atoms with Crippen LogP contribution in [-0.2, 0) is 9.59 Å². The molecule has 1 aliphatic heterocycles. The number of allylic oxidation sites excluding steroid dienone is 4. The van der Waals surface area contributed by atoms with E-state index < -0.39 is 0 Å². The minimum Gasteiger partial charge on any atom is -0.285 e. The van der Waals surface area contributed by atoms with Gasteiger partial charge < -0.3 is 0 Å². The first-order valence-corrected chi connectivity index (χ1v) is 6.70. The molecule has 0 radical (unpaired) electrons. The molecule has 1 saturated heterocycles. The predicted molar refractivity (Wildman–Crippen MR) is 68.3 cm³/mol. The van der Waals surface area contributed by atoms with Crippen LogP contribution in [0.2, 0.25) is 0 Å². The van der Waals surface area contributed by atoms with Gasteiger partial charge in [-0.2, -0.15) is 0 Å². The first kappa shape index (κ1) is 11.7. The summed E-state index contributed by atoms with van der Waals surface area (Å²) in [6.07, 6.45) is 8.54. The molecular formula is C15H19NO2. The molecule has 1 saturated carbocycles. The summed E-state index contributed by atoms with van der Waals surface area (Å²) in [4.78, 5) is 25.9. The number of imide groups is 1. The van der Waals surface area contributed by atoms with Gasteiger partial charge in [-0.15, -0.1) is 0 Å². The maximum Gasteiger partial charge on any atom is 0.233 e. The summed E-state index contributed by atoms with van der Waals surface area (Å²) in [6, 6.07) is 0. The van der Waals surface area contributed by atoms with Crippen molar-refractivity contribution in [2.24, 2.45) is 35.5 Å². The highest BCUT2D eigenvalue weighted by atomic mass is 16.2. The minimum absolute atomic E-state index is 0.0127. The quantitative estimate of drug-likeness (QED) is 0.522. The summed E-state index contributed by atoms with van der Waals surface area (Å²) < 4.78 is 0. The predicted octanol–water partition coefficient (Wildman–Crippen LogP) is 1.86. The Balaban J connectivity index is 2.05. The fourth-order valence-electron chi connectivity index (χ4n) is 4.05. The SMILES string of the molecule is C/C=C\C1C2C=CC2C(C)C2C(=O)N(C)C(=O)C12. The van der Waals surface area contributed by atoms with Gasteiger partial charge in [0.25, 0.3) is 0 Å². The van der Waals surface area contributed by atoms with Crippen molar-refractivity contribution < 1.29 is 9.59 Å². The van der Waals surface area contributed by atoms with Crippen LogP contribution < -0.4 is 0 Å². The molecule has 3 rings (SSSR count). The van der Waals surface area contributed by atoms with Gasteiger partial charge in [-0.05, 0) is 30.6 Å². The zero-order chi connectivity index (χ0) is 13.0. The van der Waals surface area contributed by atoms with Crippen LogP contribution in [0.4, 0.5) is 0 Å². The molecule has 6 atom stereocenters. The van der Waals surface area contributed by atoms with Gasteiger partial charge in [0.05, 0.1) is 11.8 Å². The number of hydrogen-bond donors (Lipinski definition) is 0. The lowest BCUT2D eigenvalue weighted by Crippen LogP contribution is -2.47. The van der Waals surface area contributed by atoms with Crippen molar-refractivity contribution in [3.63, 3.8) is 0 Å². The van der Waals surface area contributed by atoms with Crippen molar-refractivity contribution in [1.29, 1.82) is 0 Å². The molecule has 0 spiro atoms. The van der Waals surface area contributed by atoms with E-state index in [4.69, 9.17) is 0 Å². The summed E-state index contributed by atoms with van der Waals surface area (Å²) in [5.41, 5.74) is 0. The van der Waals surface area contributed by atoms with Crippen LogP contribution >= 0.6 is 0 Å². The maximum absolute atomic E-state index is 12.3. The van der Waals surface area contributed by atoms with Gasteiger partial charge in [0.1, 0.15) is 0 Å². The smallest absolute Gasteiger partial charge is 0.233 e. The van der Waals surface area contributed by atoms with Crippen LogP contribution in [0, 0.1) is 35.5 Å². The Morgan fingerprint density at radius 2 is 1.72 bits per heavy atom. The van der Waals surface area contributed by atoms with Crippen LogP contribution in [0.15, 0.2) is 24.3 Å². The van der Waals surface area contributed by atoms with Crippen molar-refractivity contribution >= 4 is 11.8 Å². The first-order valence-electron chi connectivity index (χ1n) is 6.70. The summed E-state index contributed by atoms with van der Waals surface area (Å²) in [5, 5.41) is 0. The lowest BCUT2D eigenvalue weighted by Gasteiger charge is -2.48. The van der Waals surface area contributed by atoms with Gasteiger partial charge in [-0.1, -0.05) is 31.2 Å². The molecule has 96 valence electrons. The number of hydrogen-bond acceptors (Lipinski definition) is 2. The van der Waals surface area contributed by atoms with Crippen molar-refractivity contribution in [3.8, 4) is 0 Å². The van der Waals surface area contributed by atoms with Gasteiger partial charge >= 0.3 is 0 Å². The van der Waals surface area contributed by atoms with Gasteiger partial charge in [0.15, 0.2) is 0 Å². The van der Waals surface area contributed by atoms with Crippen molar-refractivity contribution in [2.45, 2.75) is 13.8 Å². The van der Waals surface area contributed by atoms with E-state index in [0.717, 1.165) is 0 Å². The van der Waals surface area contributed by atoms with Gasteiger partial charge in [0.2, 0.25) is 11.8 Å². The lowest BCUT2D eigenvalue weighted by molar-refractivity contribution is -0.138. The normalized spacial score (nSPS) is 46.3. The average molecular weight is 245 g/mol. The molecule has 0 aromatic rings. The Morgan fingerprint density at radius 3 is 2.28 bits per heavy atom. The third-order valence-electron chi connectivity index (χ3n) is 5.07. The van der Waals surface area contributed by atoms with Gasteiger partial charge in [-0.3, -0.25) is 14.5 Å². The molecule has 1 heterocycles. The van der Waals surface area contributed by atoms with Crippen LogP contribution in [0.5, 0.6) is 0 Å². The highest BCUT2D eigenvalue weighted by Crippen LogP contribution is 2.54. The standard InChI is InChI=1S/C15H19NO2/c1-4-5-11-10-7-6-9(10)8(2)12-13(11)15(18)16(3)14(12)17/h4-13H,1-3H3/b5-4-. The molecule has 3 nitrogen and oxygen atoms in total. The molecular weight excluding hydrogens is 226 g/mol. The Kier molecular flexibility index (Phi) is 2.47. The number of likely N-dealkylation sites (tertiary alicyclic amines) is 1. The Hall–Kier alpha value is -1.38. The first-order chi connectivity index (χ1) is 8.57. The zero-order valence-corrected chi connectivity index (χ0v) is 11.0. The molecule has 3 heteroatoms. The number of carbonyl (C=O) groups is 2. The van der Waals surface area contributed by atoms with Gasteiger partial charge in [-0.25, -0.2) is 0 Å². The number of fused-ring (bicyclic) bond motifs is 2. The van der Waals surface area contributed by atoms with Crippen molar-refractivity contribution in [2.75, 3.05) is 7.05 Å². The second kappa shape index (κ2) is 3.81. The molecule has 2 fully saturated rings. The van der Waals surface area contributed by atoms with Crippen molar-refractivity contribution in [3.05, 3.63) is 24.3 Å². The molecule has 0 bridgehead atoms. The Morgan fingerprint density at radius 1 is 1.11 bits per heavy atom. The molecule has 0 aromatic heterocycles. The molecule has 0 aromatic carbocycles. The molecule has 3 aliphatic rings. The largest absolute Gasteiger partial charge is 0.285 e. The van der Waals surface area contributed by atoms with E-state index in [-0.39, 0.29) is 35.5 Å². The summed E-state index contributed by atoms with van der Waals surface area (Å²) in [6.45, 7) is 4.10. The fraction of sp³-hybridized carbons (Fsp3) is 0.600. The molecule has 0 N–H and O–H groups in total. The number of amides is 2. The Labute approximate surface area is 108 Å². The second-order valence-corrected chi connectivity index (χ2v) is 5.79. The minimum atomic E-state index is -0.139. The van der Waals surface area contributed by atoms with Crippen LogP contribution in [0.1, 0.15) is 13.8 Å². The average Bonchev–Trinajstić information content (AvgIpc) is 2.50. The monoisotopic (exact) mass is 245 g/mol. The maximum atomic E-state index is 12.3. The molecule has 18 heavy (non-hydrogen) atoms. The lowest BCUT2D eigenvalue weighted by atomic mass is 9.54. The number of carbonyl (C=O) groups excluding carboxylic acids is 2. The van der Waals surface area contributed by atoms with E-state index in [0.29, 0.717) is 11.8 Å². The summed E-state index contributed by atoms with van der Waals surface area (Å²) >= 11 is 0. The zero-order valence-electron chi connectivity index (χ0n) is 11.0. The van der Waals surface area contributed by atoms with Crippen LogP contribution in [0.25, 0.3) is 0 Å². The van der Waals surface area contributed by atoms with Crippen LogP contribution in [-0.4, -0.2) is 23.8 Å². The topological polar surface area (TPSA) is 37.4 Å². The second-order valence-electron chi connectivity index (χ2n) is 5.79. The van der Waals surface area contributed by atoms with E-state index in [2.05, 4.69) is 25.2 Å². The van der Waals surface area contributed by atoms with E-state index in [1.165, 1.54) is 4.90 Å². The number of nitrogens with zero attached hydrogens (tertiary/aromatic N) is 1. The summed E-state index contributed by atoms with van der Waals surface area (Å²) in [7, 11) is 1.62. The summed E-state index contributed by atoms with van der Waals surface area (Å²) in [5.74, 6) is 1.18. The third kappa shape index (κ3) is 1.25. The highest BCUT2D eigenvalue weighted by molar-refractivity contribution is 6.05. The molecule has 2 amide bonds. The highest BCUT2D eigenvalue weighted by Gasteiger charge is 2.59. The van der Waals surface area contributed by atoms with E-state index >= 15 is 0 Å². The van der Waals surface area contributed by atoms with E-state index in [1.807, 2.05) is 13.0 Å². The molecule has 2 aliphatic carbocycles. The number of rotatable bonds is 1. The third-order valence-corrected chi connectivity index (χ3v) is 5.07. The van der Waals surface area contributed by atoms with E-state index in [1.54, 1.807) is 7.05 Å². The Bertz CT molecular complexity index is 465. The van der Waals surface area contributed by atoms with Crippen molar-refractivity contribution in [1.82, 2.24) is 4.90 Å². The van der Waals surface area contributed by atoms with Crippen LogP contribution in [0.3, 0.4) is 0 Å². The molecule has 6 unspecified atom stereocenters.